The van der Waals surface area contributed by atoms with Crippen molar-refractivity contribution in [3.63, 3.8) is 0 Å². The number of hydrogen-bond acceptors (Lipinski definition) is 7. The van der Waals surface area contributed by atoms with Crippen LogP contribution in [0.4, 0.5) is 5.13 Å². The van der Waals surface area contributed by atoms with Crippen molar-refractivity contribution in [1.82, 2.24) is 9.88 Å². The van der Waals surface area contributed by atoms with Crippen LogP contribution in [0.15, 0.2) is 63.5 Å². The topological polar surface area (TPSA) is 88.6 Å². The highest BCUT2D eigenvalue weighted by Gasteiger charge is 2.29. The van der Waals surface area contributed by atoms with Gasteiger partial charge in [-0.2, -0.15) is 0 Å². The van der Waals surface area contributed by atoms with Crippen LogP contribution in [0.1, 0.15) is 50.5 Å². The van der Waals surface area contributed by atoms with Crippen LogP contribution in [-0.4, -0.2) is 51.0 Å². The van der Waals surface area contributed by atoms with Gasteiger partial charge < -0.3 is 15.0 Å². The molecule has 3 heterocycles. The number of amides is 1. The largest absolute Gasteiger partial charge is 0.381 e. The molecule has 0 bridgehead atoms. The van der Waals surface area contributed by atoms with E-state index in [1.165, 1.54) is 16.9 Å². The Balaban J connectivity index is 1.57. The summed E-state index contributed by atoms with van der Waals surface area (Å²) in [5, 5.41) is 5.64. The molecule has 1 saturated heterocycles. The number of carbonyl (C=O) groups excluding carboxylic acids is 1. The lowest BCUT2D eigenvalue weighted by molar-refractivity contribution is -0.118. The maximum atomic E-state index is 13.5. The van der Waals surface area contributed by atoms with E-state index in [4.69, 9.17) is 4.74 Å². The summed E-state index contributed by atoms with van der Waals surface area (Å²) in [5.41, 5.74) is 2.04. The molecule has 1 aromatic carbocycles. The summed E-state index contributed by atoms with van der Waals surface area (Å²) in [7, 11) is -1.86. The Hall–Kier alpha value is -2.49. The van der Waals surface area contributed by atoms with Gasteiger partial charge in [0.1, 0.15) is 5.03 Å². The number of thiazole rings is 1. The fraction of sp³-hybridized carbons (Fsp3) is 0.462. The van der Waals surface area contributed by atoms with Crippen LogP contribution in [0.5, 0.6) is 0 Å². The van der Waals surface area contributed by atoms with E-state index in [1.807, 2.05) is 5.38 Å². The second-order valence-electron chi connectivity index (χ2n) is 9.09. The average Bonchev–Trinajstić information content (AvgIpc) is 3.30. The molecule has 1 N–H and O–H groups in total. The highest BCUT2D eigenvalue weighted by atomic mass is 32.2. The quantitative estimate of drug-likeness (QED) is 0.500. The number of nitrogens with zero attached hydrogens (tertiary/aromatic N) is 2. The Morgan fingerprint density at radius 1 is 1.23 bits per heavy atom. The molecule has 35 heavy (non-hydrogen) atoms. The number of benzene rings is 1. The number of ether oxygens (including phenoxy) is 1. The SMILES string of the molecule is CCC1=CCN(C)C(S(=O)(=O)c2ccc(C(CC3CCOCC3)C(=O)Nc3nccs3)cc2)=CC1. The monoisotopic (exact) mass is 515 g/mol. The molecule has 2 aliphatic heterocycles. The number of anilines is 1. The Morgan fingerprint density at radius 3 is 2.63 bits per heavy atom. The van der Waals surface area contributed by atoms with Gasteiger partial charge >= 0.3 is 0 Å². The third-order valence-corrected chi connectivity index (χ3v) is 9.39. The van der Waals surface area contributed by atoms with Gasteiger partial charge in [0.25, 0.3) is 0 Å². The molecule has 1 aromatic heterocycles. The fourth-order valence-corrected chi connectivity index (χ4v) is 6.66. The molecule has 2 aliphatic rings. The van der Waals surface area contributed by atoms with E-state index in [0.29, 0.717) is 48.7 Å². The van der Waals surface area contributed by atoms with Gasteiger partial charge in [0.05, 0.1) is 10.8 Å². The summed E-state index contributed by atoms with van der Waals surface area (Å²) >= 11 is 1.38. The maximum absolute atomic E-state index is 13.5. The summed E-state index contributed by atoms with van der Waals surface area (Å²) in [4.78, 5) is 19.4. The van der Waals surface area contributed by atoms with Gasteiger partial charge in [-0.25, -0.2) is 13.4 Å². The molecule has 7 nitrogen and oxygen atoms in total. The van der Waals surface area contributed by atoms with Gasteiger partial charge in [-0.3, -0.25) is 4.79 Å². The van der Waals surface area contributed by atoms with Crippen molar-refractivity contribution in [2.45, 2.75) is 49.8 Å². The Kier molecular flexibility index (Phi) is 8.41. The van der Waals surface area contributed by atoms with Crippen molar-refractivity contribution in [3.05, 3.63) is 64.2 Å². The van der Waals surface area contributed by atoms with Crippen LogP contribution < -0.4 is 5.32 Å². The van der Waals surface area contributed by atoms with Crippen LogP contribution in [0, 0.1) is 5.92 Å². The molecule has 4 rings (SSSR count). The number of allylic oxidation sites excluding steroid dienone is 2. The Labute approximate surface area is 211 Å². The predicted molar refractivity (Wildman–Crippen MR) is 139 cm³/mol. The van der Waals surface area contributed by atoms with Crippen molar-refractivity contribution in [2.24, 2.45) is 5.92 Å². The van der Waals surface area contributed by atoms with E-state index in [-0.39, 0.29) is 10.8 Å². The minimum absolute atomic E-state index is 0.119. The highest BCUT2D eigenvalue weighted by molar-refractivity contribution is 7.95. The smallest absolute Gasteiger partial charge is 0.233 e. The van der Waals surface area contributed by atoms with Gasteiger partial charge in [-0.05, 0) is 61.8 Å². The minimum atomic E-state index is -3.67. The van der Waals surface area contributed by atoms with Crippen LogP contribution in [-0.2, 0) is 19.4 Å². The lowest BCUT2D eigenvalue weighted by Gasteiger charge is -2.26. The standard InChI is InChI=1S/C26H33N3O4S2/c1-3-19-4-9-24(29(2)14-10-19)35(31,32)22-7-5-21(6-8-22)23(18-20-11-15-33-16-12-20)25(30)28-26-27-13-17-34-26/h5-10,13,17,20,23H,3-4,11-12,14-16,18H2,1-2H3,(H,27,28,30). The number of sulfone groups is 1. The number of rotatable bonds is 8. The van der Waals surface area contributed by atoms with Gasteiger partial charge in [0.15, 0.2) is 5.13 Å². The molecule has 188 valence electrons. The number of carbonyl (C=O) groups is 1. The van der Waals surface area contributed by atoms with E-state index >= 15 is 0 Å². The molecule has 0 saturated carbocycles. The maximum Gasteiger partial charge on any atom is 0.233 e. The Morgan fingerprint density at radius 2 is 1.97 bits per heavy atom. The summed E-state index contributed by atoms with van der Waals surface area (Å²) in [6.45, 7) is 4.07. The average molecular weight is 516 g/mol. The second-order valence-corrected chi connectivity index (χ2v) is 11.9. The van der Waals surface area contributed by atoms with Crippen LogP contribution in [0.25, 0.3) is 0 Å². The fourth-order valence-electron chi connectivity index (χ4n) is 4.60. The zero-order valence-electron chi connectivity index (χ0n) is 20.3. The molecule has 1 amide bonds. The molecule has 1 unspecified atom stereocenters. The van der Waals surface area contributed by atoms with Crippen LogP contribution in [0.2, 0.25) is 0 Å². The van der Waals surface area contributed by atoms with Crippen molar-refractivity contribution in [1.29, 1.82) is 0 Å². The molecule has 1 fully saturated rings. The van der Waals surface area contributed by atoms with E-state index in [1.54, 1.807) is 48.5 Å². The summed E-state index contributed by atoms with van der Waals surface area (Å²) in [6, 6.07) is 6.83. The summed E-state index contributed by atoms with van der Waals surface area (Å²) < 4.78 is 32.4. The molecule has 9 heteroatoms. The molecule has 0 spiro atoms. The van der Waals surface area contributed by atoms with E-state index in [9.17, 15) is 13.2 Å². The first-order valence-corrected chi connectivity index (χ1v) is 14.5. The number of aromatic nitrogens is 1. The van der Waals surface area contributed by atoms with Gasteiger partial charge in [-0.1, -0.05) is 30.7 Å². The van der Waals surface area contributed by atoms with Crippen LogP contribution in [0.3, 0.4) is 0 Å². The highest BCUT2D eigenvalue weighted by Crippen LogP contribution is 2.32. The van der Waals surface area contributed by atoms with Gasteiger partial charge in [0.2, 0.25) is 15.7 Å². The third kappa shape index (κ3) is 6.20. The number of nitrogens with one attached hydrogen (secondary N) is 1. The first-order valence-electron chi connectivity index (χ1n) is 12.1. The van der Waals surface area contributed by atoms with Crippen LogP contribution >= 0.6 is 11.3 Å². The number of likely N-dealkylation sites (N-methyl/N-ethyl adjacent to an activating group) is 1. The lowest BCUT2D eigenvalue weighted by Crippen LogP contribution is -2.26. The minimum Gasteiger partial charge on any atom is -0.381 e. The van der Waals surface area contributed by atoms with Crippen molar-refractivity contribution in [2.75, 3.05) is 32.1 Å². The summed E-state index contributed by atoms with van der Waals surface area (Å²) in [6.07, 6.45) is 9.63. The molecular formula is C26H33N3O4S2. The molecule has 0 aliphatic carbocycles. The zero-order chi connectivity index (χ0) is 24.8. The third-order valence-electron chi connectivity index (χ3n) is 6.78. The molecular weight excluding hydrogens is 482 g/mol. The number of hydrogen-bond donors (Lipinski definition) is 1. The van der Waals surface area contributed by atoms with E-state index < -0.39 is 15.8 Å². The normalized spacial score (nSPS) is 18.4. The first kappa shape index (κ1) is 25.6. The first-order chi connectivity index (χ1) is 16.9. The van der Waals surface area contributed by atoms with Crippen molar-refractivity contribution < 1.29 is 17.9 Å². The summed E-state index contributed by atoms with van der Waals surface area (Å²) in [5.74, 6) is -0.134. The second kappa shape index (κ2) is 11.5. The van der Waals surface area contributed by atoms with E-state index in [0.717, 1.165) is 24.8 Å². The zero-order valence-corrected chi connectivity index (χ0v) is 21.9. The van der Waals surface area contributed by atoms with Gasteiger partial charge in [-0.15, -0.1) is 11.3 Å². The van der Waals surface area contributed by atoms with Crippen molar-refractivity contribution >= 4 is 32.2 Å². The predicted octanol–water partition coefficient (Wildman–Crippen LogP) is 4.97. The van der Waals surface area contributed by atoms with Gasteiger partial charge in [0, 0.05) is 38.4 Å². The van der Waals surface area contributed by atoms with E-state index in [2.05, 4.69) is 23.3 Å². The van der Waals surface area contributed by atoms with Crippen molar-refractivity contribution in [3.8, 4) is 0 Å². The Bertz CT molecular complexity index is 1170. The lowest BCUT2D eigenvalue weighted by atomic mass is 9.84. The molecule has 1 atom stereocenters. The molecule has 0 radical (unpaired) electrons. The molecule has 2 aromatic rings.